The molecule has 12 nitrogen and oxygen atoms in total. The van der Waals surface area contributed by atoms with Crippen molar-refractivity contribution in [1.82, 2.24) is 20.6 Å². The number of aromatic nitrogens is 2. The third kappa shape index (κ3) is 8.60. The van der Waals surface area contributed by atoms with Gasteiger partial charge in [-0.1, -0.05) is 61.4 Å². The van der Waals surface area contributed by atoms with Gasteiger partial charge in [-0.3, -0.25) is 14.9 Å². The summed E-state index contributed by atoms with van der Waals surface area (Å²) < 4.78 is 50.1. The molecule has 2 atom stereocenters. The second kappa shape index (κ2) is 16.4. The van der Waals surface area contributed by atoms with E-state index in [0.717, 1.165) is 0 Å². The summed E-state index contributed by atoms with van der Waals surface area (Å²) in [4.78, 5) is 53.2. The molecule has 0 saturated carbocycles. The van der Waals surface area contributed by atoms with Crippen LogP contribution in [0.25, 0.3) is 0 Å². The van der Waals surface area contributed by atoms with Crippen LogP contribution in [0.1, 0.15) is 53.8 Å². The van der Waals surface area contributed by atoms with E-state index in [0.29, 0.717) is 60.3 Å². The van der Waals surface area contributed by atoms with Crippen LogP contribution in [0.2, 0.25) is 0 Å². The number of para-hydroxylation sites is 1. The number of fused-ring (bicyclic) bond motifs is 1. The molecule has 3 aromatic carbocycles. The minimum atomic E-state index is -1.60. The number of halogens is 3. The summed E-state index contributed by atoms with van der Waals surface area (Å²) in [5, 5.41) is 15.8. The summed E-state index contributed by atoms with van der Waals surface area (Å²) in [6.07, 6.45) is 0.843. The lowest BCUT2D eigenvalue weighted by molar-refractivity contribution is -0.757. The van der Waals surface area contributed by atoms with E-state index in [1.807, 2.05) is 0 Å². The average molecular weight is 707 g/mol. The van der Waals surface area contributed by atoms with Crippen molar-refractivity contribution in [1.29, 1.82) is 0 Å². The highest BCUT2D eigenvalue weighted by atomic mass is 19.1. The first-order valence-corrected chi connectivity index (χ1v) is 16.4. The number of amides is 2. The second-order valence-corrected chi connectivity index (χ2v) is 12.1. The van der Waals surface area contributed by atoms with Crippen LogP contribution in [-0.4, -0.2) is 52.7 Å². The number of rotatable bonds is 15. The topological polar surface area (TPSA) is 149 Å². The third-order valence-corrected chi connectivity index (χ3v) is 8.47. The van der Waals surface area contributed by atoms with E-state index >= 15 is 0 Å². The van der Waals surface area contributed by atoms with E-state index in [9.17, 15) is 32.9 Å². The zero-order valence-electron chi connectivity index (χ0n) is 28.0. The van der Waals surface area contributed by atoms with Crippen LogP contribution in [0.15, 0.2) is 72.8 Å². The van der Waals surface area contributed by atoms with Crippen molar-refractivity contribution in [3.05, 3.63) is 128 Å². The zero-order chi connectivity index (χ0) is 36.5. The maximum Gasteiger partial charge on any atom is 0.317 e. The molecule has 51 heavy (non-hydrogen) atoms. The van der Waals surface area contributed by atoms with Gasteiger partial charge in [0.1, 0.15) is 23.0 Å². The molecule has 0 radical (unpaired) electrons. The van der Waals surface area contributed by atoms with Gasteiger partial charge in [-0.25, -0.2) is 23.1 Å². The van der Waals surface area contributed by atoms with Crippen molar-refractivity contribution in [2.75, 3.05) is 24.6 Å². The Morgan fingerprint density at radius 2 is 1.63 bits per heavy atom. The third-order valence-electron chi connectivity index (χ3n) is 8.47. The number of anilines is 1. The van der Waals surface area contributed by atoms with Crippen molar-refractivity contribution >= 4 is 17.5 Å². The van der Waals surface area contributed by atoms with Gasteiger partial charge < -0.3 is 19.8 Å². The Morgan fingerprint density at radius 3 is 2.31 bits per heavy atom. The van der Waals surface area contributed by atoms with E-state index in [1.165, 1.54) is 4.90 Å². The smallest absolute Gasteiger partial charge is 0.317 e. The number of hydrogen-bond acceptors (Lipinski definition) is 9. The predicted octanol–water partition coefficient (Wildman–Crippen LogP) is 5.22. The molecule has 4 aromatic rings. The molecule has 0 bridgehead atoms. The molecule has 268 valence electrons. The number of carbonyl (C=O) groups excluding carboxylic acids is 2. The minimum absolute atomic E-state index is 0.0218. The zero-order valence-corrected chi connectivity index (χ0v) is 28.0. The molecule has 2 N–H and O–H groups in total. The molecule has 0 unspecified atom stereocenters. The number of unbranched alkanes of at least 4 members (excludes halogenated alkanes) is 3. The van der Waals surface area contributed by atoms with Gasteiger partial charge in [0.25, 0.3) is 11.0 Å². The normalized spacial score (nSPS) is 16.2. The Kier molecular flexibility index (Phi) is 11.8. The largest absolute Gasteiger partial charge is 0.447 e. The molecule has 15 heteroatoms. The lowest BCUT2D eigenvalue weighted by Crippen LogP contribution is -2.61. The van der Waals surface area contributed by atoms with Crippen molar-refractivity contribution < 1.29 is 37.4 Å². The Morgan fingerprint density at radius 1 is 0.980 bits per heavy atom. The van der Waals surface area contributed by atoms with Gasteiger partial charge in [-0.2, -0.15) is 0 Å². The van der Waals surface area contributed by atoms with Crippen LogP contribution in [0.4, 0.5) is 18.9 Å². The van der Waals surface area contributed by atoms with Gasteiger partial charge in [-0.05, 0) is 44.4 Å². The number of hydrogen-bond donors (Lipinski definition) is 2. The van der Waals surface area contributed by atoms with Gasteiger partial charge in [-0.15, -0.1) is 10.1 Å². The average Bonchev–Trinajstić information content (AvgIpc) is 3.20. The van der Waals surface area contributed by atoms with Crippen molar-refractivity contribution in [3.8, 4) is 6.01 Å². The lowest BCUT2D eigenvalue weighted by atomic mass is 9.76. The highest BCUT2D eigenvalue weighted by Crippen LogP contribution is 2.42. The van der Waals surface area contributed by atoms with Crippen LogP contribution in [0, 0.1) is 41.4 Å². The molecule has 0 aliphatic carbocycles. The molecule has 1 aliphatic rings. The van der Waals surface area contributed by atoms with Gasteiger partial charge in [0, 0.05) is 46.9 Å². The predicted molar refractivity (Wildman–Crippen MR) is 180 cm³/mol. The maximum atomic E-state index is 14.9. The molecule has 2 heterocycles. The van der Waals surface area contributed by atoms with Crippen molar-refractivity contribution in [3.63, 3.8) is 0 Å². The first kappa shape index (κ1) is 36.7. The van der Waals surface area contributed by atoms with Crippen molar-refractivity contribution in [2.24, 2.45) is 0 Å². The first-order chi connectivity index (χ1) is 24.5. The summed E-state index contributed by atoms with van der Waals surface area (Å²) in [7, 11) is 0. The number of aryl methyl sites for hydroxylation is 2. The minimum Gasteiger partial charge on any atom is -0.447 e. The SMILES string of the molecule is Cc1cc(C)nc(O[C@H](C(=O)NCCCCCCO[N+](=O)[O-])[C@@]2(c3ccccc3)NCC(=O)N(Cc3c(F)cc(F)cc3F)c3ccccc32)n1. The van der Waals surface area contributed by atoms with E-state index in [2.05, 4.69) is 25.4 Å². The van der Waals surface area contributed by atoms with Crippen LogP contribution >= 0.6 is 0 Å². The van der Waals surface area contributed by atoms with E-state index < -0.39 is 64.6 Å². The monoisotopic (exact) mass is 706 g/mol. The second-order valence-electron chi connectivity index (χ2n) is 12.1. The fourth-order valence-corrected chi connectivity index (χ4v) is 6.20. The molecule has 2 amide bonds. The Bertz CT molecular complexity index is 1840. The fraction of sp³-hybridized carbons (Fsp3) is 0.333. The summed E-state index contributed by atoms with van der Waals surface area (Å²) in [6.45, 7) is 2.74. The fourth-order valence-electron chi connectivity index (χ4n) is 6.20. The van der Waals surface area contributed by atoms with E-state index in [-0.39, 0.29) is 24.8 Å². The number of nitrogens with one attached hydrogen (secondary N) is 2. The van der Waals surface area contributed by atoms with Crippen LogP contribution in [0.3, 0.4) is 0 Å². The number of nitrogens with zero attached hydrogens (tertiary/aromatic N) is 4. The summed E-state index contributed by atoms with van der Waals surface area (Å²) >= 11 is 0. The molecular weight excluding hydrogens is 669 g/mol. The van der Waals surface area contributed by atoms with Gasteiger partial charge in [0.15, 0.2) is 0 Å². The highest BCUT2D eigenvalue weighted by Gasteiger charge is 2.52. The molecule has 0 saturated heterocycles. The van der Waals surface area contributed by atoms with Gasteiger partial charge in [0.05, 0.1) is 19.7 Å². The molecule has 1 aromatic heterocycles. The van der Waals surface area contributed by atoms with Crippen LogP contribution < -0.4 is 20.3 Å². The summed E-state index contributed by atoms with van der Waals surface area (Å²) in [6, 6.07) is 18.3. The first-order valence-electron chi connectivity index (χ1n) is 16.4. The molecule has 0 fully saturated rings. The van der Waals surface area contributed by atoms with Gasteiger partial charge in [0.2, 0.25) is 12.0 Å². The van der Waals surface area contributed by atoms with Crippen LogP contribution in [0.5, 0.6) is 6.01 Å². The Balaban J connectivity index is 1.58. The van der Waals surface area contributed by atoms with Crippen LogP contribution in [-0.2, 0) is 26.5 Å². The van der Waals surface area contributed by atoms with E-state index in [4.69, 9.17) is 4.74 Å². The Hall–Kier alpha value is -5.57. The molecular formula is C36H37F3N6O6. The molecule has 5 rings (SSSR count). The molecule has 0 spiro atoms. The number of carbonyl (C=O) groups is 2. The highest BCUT2D eigenvalue weighted by molar-refractivity contribution is 5.98. The number of benzene rings is 3. The van der Waals surface area contributed by atoms with E-state index in [1.54, 1.807) is 74.5 Å². The summed E-state index contributed by atoms with van der Waals surface area (Å²) in [5.41, 5.74) is 0.204. The molecule has 1 aliphatic heterocycles. The standard InChI is InChI=1S/C36H37F3N6O6/c1-23-18-24(2)43-35(42-23)51-33(34(47)40-16-10-3-4-11-17-50-45(48)49)36(25-12-6-5-7-13-25)28-14-8-9-15-31(28)44(32(46)21-41-36)22-27-29(38)19-26(37)20-30(27)39/h5-9,12-15,18-20,33,41H,3-4,10-11,16-17,21-22H2,1-2H3,(H,40,47)/t33-,36+/m1/s1. The maximum absolute atomic E-state index is 14.9. The quantitative estimate of drug-likeness (QED) is 0.0964. The Labute approximate surface area is 292 Å². The van der Waals surface area contributed by atoms with Crippen molar-refractivity contribution in [2.45, 2.75) is 57.7 Å². The number of ether oxygens (including phenoxy) is 1. The summed E-state index contributed by atoms with van der Waals surface area (Å²) in [5.74, 6) is -4.54. The lowest BCUT2D eigenvalue weighted by Gasteiger charge is -2.40. The van der Waals surface area contributed by atoms with Gasteiger partial charge >= 0.3 is 6.01 Å².